The number of rotatable bonds is 4. The first-order valence-corrected chi connectivity index (χ1v) is 7.14. The molecular weight excluding hydrogens is 246 g/mol. The lowest BCUT2D eigenvalue weighted by Gasteiger charge is -2.30. The van der Waals surface area contributed by atoms with Crippen molar-refractivity contribution >= 4 is 11.6 Å². The van der Waals surface area contributed by atoms with Crippen molar-refractivity contribution in [2.45, 2.75) is 26.7 Å². The summed E-state index contributed by atoms with van der Waals surface area (Å²) in [6.07, 6.45) is 2.67. The van der Waals surface area contributed by atoms with Gasteiger partial charge in [0.1, 0.15) is 12.4 Å². The van der Waals surface area contributed by atoms with Gasteiger partial charge in [-0.2, -0.15) is 0 Å². The average molecular weight is 268 g/mol. The normalized spacial score (nSPS) is 20.9. The van der Waals surface area contributed by atoms with E-state index in [0.29, 0.717) is 5.02 Å². The number of hydrogen-bond acceptors (Lipinski definition) is 2. The van der Waals surface area contributed by atoms with Crippen LogP contribution in [0.2, 0.25) is 5.02 Å². The number of likely N-dealkylation sites (tertiary alicyclic amines) is 1. The predicted octanol–water partition coefficient (Wildman–Crippen LogP) is 3.76. The summed E-state index contributed by atoms with van der Waals surface area (Å²) in [6.45, 7) is 8.49. The second-order valence-corrected chi connectivity index (χ2v) is 5.74. The van der Waals surface area contributed by atoms with E-state index in [1.54, 1.807) is 0 Å². The molecule has 0 saturated carbocycles. The molecular formula is C15H22ClNO. The molecule has 1 atom stereocenters. The molecule has 100 valence electrons. The van der Waals surface area contributed by atoms with Crippen LogP contribution in [0.5, 0.6) is 5.75 Å². The van der Waals surface area contributed by atoms with E-state index in [-0.39, 0.29) is 0 Å². The summed E-state index contributed by atoms with van der Waals surface area (Å²) < 4.78 is 5.78. The van der Waals surface area contributed by atoms with Crippen molar-refractivity contribution in [3.8, 4) is 5.75 Å². The Morgan fingerprint density at radius 3 is 3.06 bits per heavy atom. The molecule has 0 N–H and O–H groups in total. The number of piperidine rings is 1. The van der Waals surface area contributed by atoms with Crippen LogP contribution in [-0.2, 0) is 0 Å². The van der Waals surface area contributed by atoms with E-state index in [4.69, 9.17) is 16.3 Å². The lowest BCUT2D eigenvalue weighted by Crippen LogP contribution is -2.37. The number of benzene rings is 1. The highest BCUT2D eigenvalue weighted by Crippen LogP contribution is 2.25. The van der Waals surface area contributed by atoms with Crippen LogP contribution in [0.3, 0.4) is 0 Å². The van der Waals surface area contributed by atoms with Crippen molar-refractivity contribution in [3.63, 3.8) is 0 Å². The van der Waals surface area contributed by atoms with Crippen molar-refractivity contribution in [1.82, 2.24) is 4.90 Å². The number of hydrogen-bond donors (Lipinski definition) is 0. The third-order valence-corrected chi connectivity index (χ3v) is 3.81. The van der Waals surface area contributed by atoms with Crippen LogP contribution in [0, 0.1) is 12.8 Å². The minimum absolute atomic E-state index is 0.701. The zero-order valence-electron chi connectivity index (χ0n) is 11.3. The van der Waals surface area contributed by atoms with Crippen molar-refractivity contribution < 1.29 is 4.74 Å². The predicted molar refractivity (Wildman–Crippen MR) is 76.5 cm³/mol. The monoisotopic (exact) mass is 267 g/mol. The fourth-order valence-corrected chi connectivity index (χ4v) is 2.67. The highest BCUT2D eigenvalue weighted by atomic mass is 35.5. The molecule has 2 nitrogen and oxygen atoms in total. The Labute approximate surface area is 115 Å². The molecule has 0 aromatic heterocycles. The van der Waals surface area contributed by atoms with E-state index in [1.807, 2.05) is 18.2 Å². The molecule has 3 heteroatoms. The van der Waals surface area contributed by atoms with Gasteiger partial charge < -0.3 is 4.74 Å². The van der Waals surface area contributed by atoms with Crippen molar-refractivity contribution in [1.29, 1.82) is 0 Å². The second-order valence-electron chi connectivity index (χ2n) is 5.33. The maximum atomic E-state index is 6.10. The van der Waals surface area contributed by atoms with Gasteiger partial charge in [-0.25, -0.2) is 0 Å². The Balaban J connectivity index is 1.79. The molecule has 0 bridgehead atoms. The maximum Gasteiger partial charge on any atom is 0.138 e. The van der Waals surface area contributed by atoms with Crippen LogP contribution >= 0.6 is 11.6 Å². The molecule has 0 unspecified atom stereocenters. The smallest absolute Gasteiger partial charge is 0.138 e. The Morgan fingerprint density at radius 1 is 1.44 bits per heavy atom. The lowest BCUT2D eigenvalue weighted by molar-refractivity contribution is 0.153. The van der Waals surface area contributed by atoms with Crippen molar-refractivity contribution in [3.05, 3.63) is 28.8 Å². The van der Waals surface area contributed by atoms with Gasteiger partial charge in [0.25, 0.3) is 0 Å². The summed E-state index contributed by atoms with van der Waals surface area (Å²) in [7, 11) is 0. The Hall–Kier alpha value is -0.730. The van der Waals surface area contributed by atoms with Gasteiger partial charge in [-0.15, -0.1) is 0 Å². The first-order valence-electron chi connectivity index (χ1n) is 6.76. The molecule has 0 amide bonds. The Kier molecular flexibility index (Phi) is 4.90. The van der Waals surface area contributed by atoms with Gasteiger partial charge in [0, 0.05) is 13.1 Å². The first-order chi connectivity index (χ1) is 8.65. The Morgan fingerprint density at radius 2 is 2.28 bits per heavy atom. The lowest BCUT2D eigenvalue weighted by atomic mass is 10.0. The molecule has 0 radical (unpaired) electrons. The molecule has 0 aliphatic carbocycles. The van der Waals surface area contributed by atoms with Crippen LogP contribution in [0.25, 0.3) is 0 Å². The first kappa shape index (κ1) is 13.7. The number of halogens is 1. The number of aryl methyl sites for hydroxylation is 1. The molecule has 1 aromatic rings. The standard InChI is InChI=1S/C15H22ClNO/c1-12-5-6-14(16)15(10-12)18-9-8-17-7-3-4-13(2)11-17/h5-6,10,13H,3-4,7-9,11H2,1-2H3/t13-/m0/s1. The van der Waals surface area contributed by atoms with Crippen LogP contribution in [0.1, 0.15) is 25.3 Å². The number of ether oxygens (including phenoxy) is 1. The van der Waals surface area contributed by atoms with Crippen molar-refractivity contribution in [2.24, 2.45) is 5.92 Å². The fourth-order valence-electron chi connectivity index (χ4n) is 2.50. The highest BCUT2D eigenvalue weighted by molar-refractivity contribution is 6.32. The van der Waals surface area contributed by atoms with Gasteiger partial charge >= 0.3 is 0 Å². The molecule has 1 heterocycles. The third-order valence-electron chi connectivity index (χ3n) is 3.49. The van der Waals surface area contributed by atoms with E-state index < -0.39 is 0 Å². The molecule has 1 saturated heterocycles. The Bertz CT molecular complexity index is 394. The van der Waals surface area contributed by atoms with Gasteiger partial charge in [-0.3, -0.25) is 4.90 Å². The molecule has 18 heavy (non-hydrogen) atoms. The summed E-state index contributed by atoms with van der Waals surface area (Å²) in [4.78, 5) is 2.48. The quantitative estimate of drug-likeness (QED) is 0.824. The SMILES string of the molecule is Cc1ccc(Cl)c(OCCN2CCC[C@H](C)C2)c1. The fraction of sp³-hybridized carbons (Fsp3) is 0.600. The average Bonchev–Trinajstić information content (AvgIpc) is 2.34. The van der Waals surface area contributed by atoms with Crippen LogP contribution in [-0.4, -0.2) is 31.1 Å². The second kappa shape index (κ2) is 6.44. The van der Waals surface area contributed by atoms with E-state index in [0.717, 1.165) is 24.8 Å². The largest absolute Gasteiger partial charge is 0.491 e. The van der Waals surface area contributed by atoms with E-state index in [1.165, 1.54) is 31.5 Å². The highest BCUT2D eigenvalue weighted by Gasteiger charge is 2.15. The zero-order chi connectivity index (χ0) is 13.0. The summed E-state index contributed by atoms with van der Waals surface area (Å²) in [5.74, 6) is 1.63. The molecule has 0 spiro atoms. The molecule has 1 aliphatic rings. The minimum Gasteiger partial charge on any atom is -0.491 e. The van der Waals surface area contributed by atoms with Gasteiger partial charge in [0.2, 0.25) is 0 Å². The molecule has 1 aromatic carbocycles. The van der Waals surface area contributed by atoms with E-state index in [9.17, 15) is 0 Å². The number of nitrogens with zero attached hydrogens (tertiary/aromatic N) is 1. The van der Waals surface area contributed by atoms with Gasteiger partial charge in [0.05, 0.1) is 5.02 Å². The van der Waals surface area contributed by atoms with Gasteiger partial charge in [-0.05, 0) is 49.9 Å². The maximum absolute atomic E-state index is 6.10. The van der Waals surface area contributed by atoms with E-state index >= 15 is 0 Å². The molecule has 2 rings (SSSR count). The zero-order valence-corrected chi connectivity index (χ0v) is 12.0. The summed E-state index contributed by atoms with van der Waals surface area (Å²) in [5, 5.41) is 0.701. The van der Waals surface area contributed by atoms with Gasteiger partial charge in [-0.1, -0.05) is 24.6 Å². The van der Waals surface area contributed by atoms with Gasteiger partial charge in [0.15, 0.2) is 0 Å². The van der Waals surface area contributed by atoms with E-state index in [2.05, 4.69) is 18.7 Å². The topological polar surface area (TPSA) is 12.5 Å². The molecule has 1 fully saturated rings. The summed E-state index contributed by atoms with van der Waals surface area (Å²) in [5.41, 5.74) is 1.18. The third kappa shape index (κ3) is 3.89. The van der Waals surface area contributed by atoms with Crippen LogP contribution in [0.15, 0.2) is 18.2 Å². The minimum atomic E-state index is 0.701. The summed E-state index contributed by atoms with van der Waals surface area (Å²) in [6, 6.07) is 5.90. The molecule has 1 aliphatic heterocycles. The van der Waals surface area contributed by atoms with Crippen molar-refractivity contribution in [2.75, 3.05) is 26.2 Å². The van der Waals surface area contributed by atoms with Crippen LogP contribution < -0.4 is 4.74 Å². The summed E-state index contributed by atoms with van der Waals surface area (Å²) >= 11 is 6.10. The van der Waals surface area contributed by atoms with Crippen LogP contribution in [0.4, 0.5) is 0 Å².